The van der Waals surface area contributed by atoms with E-state index in [0.29, 0.717) is 11.0 Å². The fourth-order valence-corrected chi connectivity index (χ4v) is 1.86. The zero-order valence-corrected chi connectivity index (χ0v) is 11.3. The topological polar surface area (TPSA) is 51.0 Å². The van der Waals surface area contributed by atoms with Crippen LogP contribution >= 0.6 is 15.9 Å². The van der Waals surface area contributed by atoms with Crippen molar-refractivity contribution >= 4 is 21.9 Å². The largest absolute Gasteiger partial charge is 0.417 e. The van der Waals surface area contributed by atoms with Gasteiger partial charge in [0.05, 0.1) is 5.56 Å². The lowest BCUT2D eigenvalue weighted by atomic mass is 10.1. The van der Waals surface area contributed by atoms with E-state index in [1.165, 1.54) is 12.1 Å². The van der Waals surface area contributed by atoms with E-state index in [4.69, 9.17) is 4.52 Å². The SMILES string of the molecule is CCNc1nc(-c2ccc(Br)cc2C(F)(F)F)no1. The zero-order chi connectivity index (χ0) is 14.0. The Bertz CT molecular complexity index is 583. The molecular weight excluding hydrogens is 327 g/mol. The van der Waals surface area contributed by atoms with Gasteiger partial charge in [-0.05, 0) is 25.1 Å². The molecule has 0 saturated heterocycles. The molecule has 1 aromatic heterocycles. The molecule has 0 aliphatic carbocycles. The first-order valence-corrected chi connectivity index (χ1v) is 6.16. The second-order valence-electron chi connectivity index (χ2n) is 3.64. The van der Waals surface area contributed by atoms with Gasteiger partial charge in [-0.1, -0.05) is 21.1 Å². The van der Waals surface area contributed by atoms with Crippen LogP contribution in [-0.2, 0) is 6.18 Å². The molecule has 0 bridgehead atoms. The van der Waals surface area contributed by atoms with Crippen LogP contribution in [0.1, 0.15) is 12.5 Å². The first-order valence-electron chi connectivity index (χ1n) is 5.36. The van der Waals surface area contributed by atoms with E-state index in [2.05, 4.69) is 31.4 Å². The number of nitrogens with zero attached hydrogens (tertiary/aromatic N) is 2. The second-order valence-corrected chi connectivity index (χ2v) is 4.56. The predicted molar refractivity (Wildman–Crippen MR) is 66.6 cm³/mol. The van der Waals surface area contributed by atoms with Crippen LogP contribution in [0.25, 0.3) is 11.4 Å². The third-order valence-electron chi connectivity index (χ3n) is 2.28. The number of rotatable bonds is 3. The Balaban J connectivity index is 2.48. The van der Waals surface area contributed by atoms with E-state index in [0.717, 1.165) is 6.07 Å². The van der Waals surface area contributed by atoms with E-state index in [9.17, 15) is 13.2 Å². The number of benzene rings is 1. The van der Waals surface area contributed by atoms with Crippen molar-refractivity contribution in [1.29, 1.82) is 0 Å². The maximum atomic E-state index is 12.9. The average molecular weight is 336 g/mol. The lowest BCUT2D eigenvalue weighted by Gasteiger charge is -2.10. The number of anilines is 1. The first-order chi connectivity index (χ1) is 8.91. The van der Waals surface area contributed by atoms with Gasteiger partial charge >= 0.3 is 12.2 Å². The molecule has 4 nitrogen and oxygen atoms in total. The van der Waals surface area contributed by atoms with Gasteiger partial charge in [0.1, 0.15) is 0 Å². The maximum absolute atomic E-state index is 12.9. The van der Waals surface area contributed by atoms with Gasteiger partial charge in [0.15, 0.2) is 0 Å². The maximum Gasteiger partial charge on any atom is 0.417 e. The number of aromatic nitrogens is 2. The molecule has 0 amide bonds. The molecular formula is C11H9BrF3N3O. The number of hydrogen-bond acceptors (Lipinski definition) is 4. The van der Waals surface area contributed by atoms with Crippen LogP contribution < -0.4 is 5.32 Å². The molecule has 8 heteroatoms. The van der Waals surface area contributed by atoms with Crippen LogP contribution in [0, 0.1) is 0 Å². The number of nitrogens with one attached hydrogen (secondary N) is 1. The van der Waals surface area contributed by atoms with Crippen molar-refractivity contribution in [3.8, 4) is 11.4 Å². The normalized spacial score (nSPS) is 11.6. The van der Waals surface area contributed by atoms with Gasteiger partial charge < -0.3 is 9.84 Å². The van der Waals surface area contributed by atoms with Crippen LogP contribution in [-0.4, -0.2) is 16.7 Å². The summed E-state index contributed by atoms with van der Waals surface area (Å²) in [4.78, 5) is 3.87. The Labute approximate surface area is 115 Å². The highest BCUT2D eigenvalue weighted by Gasteiger charge is 2.35. The summed E-state index contributed by atoms with van der Waals surface area (Å²) in [6, 6.07) is 3.87. The summed E-state index contributed by atoms with van der Waals surface area (Å²) >= 11 is 3.01. The Morgan fingerprint density at radius 1 is 1.37 bits per heavy atom. The van der Waals surface area contributed by atoms with Gasteiger partial charge in [0.25, 0.3) is 0 Å². The molecule has 0 aliphatic rings. The van der Waals surface area contributed by atoms with Crippen LogP contribution in [0.3, 0.4) is 0 Å². The molecule has 0 radical (unpaired) electrons. The molecule has 0 fully saturated rings. The molecule has 0 atom stereocenters. The monoisotopic (exact) mass is 335 g/mol. The second kappa shape index (κ2) is 5.20. The highest BCUT2D eigenvalue weighted by molar-refractivity contribution is 9.10. The lowest BCUT2D eigenvalue weighted by molar-refractivity contribution is -0.137. The molecule has 2 aromatic rings. The van der Waals surface area contributed by atoms with Crippen molar-refractivity contribution in [2.24, 2.45) is 0 Å². The summed E-state index contributed by atoms with van der Waals surface area (Å²) < 4.78 is 44.0. The summed E-state index contributed by atoms with van der Waals surface area (Å²) in [6.45, 7) is 2.35. The Hall–Kier alpha value is -1.57. The Morgan fingerprint density at radius 3 is 2.74 bits per heavy atom. The van der Waals surface area contributed by atoms with Crippen LogP contribution in [0.2, 0.25) is 0 Å². The molecule has 0 saturated carbocycles. The first kappa shape index (κ1) is 13.9. The van der Waals surface area contributed by atoms with E-state index in [1.54, 1.807) is 0 Å². The fourth-order valence-electron chi connectivity index (χ4n) is 1.50. The Kier molecular flexibility index (Phi) is 3.79. The summed E-state index contributed by atoms with van der Waals surface area (Å²) in [5.41, 5.74) is -0.936. The van der Waals surface area contributed by atoms with Crippen LogP contribution in [0.4, 0.5) is 19.2 Å². The zero-order valence-electron chi connectivity index (χ0n) is 9.75. The van der Waals surface area contributed by atoms with Crippen LogP contribution in [0.5, 0.6) is 0 Å². The van der Waals surface area contributed by atoms with Gasteiger partial charge in [0.2, 0.25) is 5.82 Å². The summed E-state index contributed by atoms with van der Waals surface area (Å²) in [5, 5.41) is 6.28. The molecule has 102 valence electrons. The van der Waals surface area contributed by atoms with E-state index >= 15 is 0 Å². The quantitative estimate of drug-likeness (QED) is 0.922. The van der Waals surface area contributed by atoms with Crippen molar-refractivity contribution in [2.45, 2.75) is 13.1 Å². The minimum Gasteiger partial charge on any atom is -0.338 e. The van der Waals surface area contributed by atoms with Gasteiger partial charge in [-0.2, -0.15) is 18.2 Å². The molecule has 1 aromatic carbocycles. The molecule has 2 rings (SSSR count). The third kappa shape index (κ3) is 3.06. The summed E-state index contributed by atoms with van der Waals surface area (Å²) in [7, 11) is 0. The smallest absolute Gasteiger partial charge is 0.338 e. The summed E-state index contributed by atoms with van der Waals surface area (Å²) in [6.07, 6.45) is -4.49. The molecule has 0 aliphatic heterocycles. The number of hydrogen-bond donors (Lipinski definition) is 1. The summed E-state index contributed by atoms with van der Waals surface area (Å²) in [5.74, 6) is -0.101. The standard InChI is InChI=1S/C11H9BrF3N3O/c1-2-16-10-17-9(18-19-10)7-4-3-6(12)5-8(7)11(13,14)15/h3-5H,2H2,1H3,(H,16,17,18). The van der Waals surface area contributed by atoms with Crippen LogP contribution in [0.15, 0.2) is 27.2 Å². The van der Waals surface area contributed by atoms with E-state index in [1.807, 2.05) is 6.92 Å². The molecule has 1 N–H and O–H groups in total. The minimum absolute atomic E-state index is 0.0912. The van der Waals surface area contributed by atoms with Gasteiger partial charge in [-0.25, -0.2) is 0 Å². The minimum atomic E-state index is -4.49. The highest BCUT2D eigenvalue weighted by Crippen LogP contribution is 2.37. The lowest BCUT2D eigenvalue weighted by Crippen LogP contribution is -2.07. The fraction of sp³-hybridized carbons (Fsp3) is 0.273. The highest BCUT2D eigenvalue weighted by atomic mass is 79.9. The third-order valence-corrected chi connectivity index (χ3v) is 2.78. The number of alkyl halides is 3. The molecule has 0 spiro atoms. The molecule has 0 unspecified atom stereocenters. The average Bonchev–Trinajstić information content (AvgIpc) is 2.77. The van der Waals surface area contributed by atoms with Gasteiger partial charge in [0, 0.05) is 16.6 Å². The van der Waals surface area contributed by atoms with Gasteiger partial charge in [-0.3, -0.25) is 0 Å². The van der Waals surface area contributed by atoms with Gasteiger partial charge in [-0.15, -0.1) is 0 Å². The van der Waals surface area contributed by atoms with E-state index in [-0.39, 0.29) is 17.4 Å². The van der Waals surface area contributed by atoms with E-state index < -0.39 is 11.7 Å². The molecule has 1 heterocycles. The van der Waals surface area contributed by atoms with Crippen molar-refractivity contribution in [1.82, 2.24) is 10.1 Å². The Morgan fingerprint density at radius 2 is 2.11 bits per heavy atom. The van der Waals surface area contributed by atoms with Crippen molar-refractivity contribution in [3.63, 3.8) is 0 Å². The molecule has 19 heavy (non-hydrogen) atoms. The number of halogens is 4. The van der Waals surface area contributed by atoms with Crippen molar-refractivity contribution < 1.29 is 17.7 Å². The predicted octanol–water partition coefficient (Wildman–Crippen LogP) is 3.95. The van der Waals surface area contributed by atoms with Crippen molar-refractivity contribution in [2.75, 3.05) is 11.9 Å². The van der Waals surface area contributed by atoms with Crippen molar-refractivity contribution in [3.05, 3.63) is 28.2 Å².